The molecule has 0 aliphatic carbocycles. The monoisotopic (exact) mass is 402 g/mol. The number of nitrogens with zero attached hydrogens (tertiary/aromatic N) is 2. The Morgan fingerprint density at radius 3 is 2.52 bits per heavy atom. The van der Waals surface area contributed by atoms with Crippen molar-refractivity contribution in [1.82, 2.24) is 15.0 Å². The van der Waals surface area contributed by atoms with E-state index >= 15 is 0 Å². The van der Waals surface area contributed by atoms with Gasteiger partial charge in [0, 0.05) is 40.7 Å². The van der Waals surface area contributed by atoms with Gasteiger partial charge in [0.25, 0.3) is 0 Å². The summed E-state index contributed by atoms with van der Waals surface area (Å²) in [6, 6.07) is 4.42. The number of aromatic nitrogens is 3. The van der Waals surface area contributed by atoms with Crippen LogP contribution in [0.15, 0.2) is 36.7 Å². The molecule has 3 heterocycles. The molecule has 0 radical (unpaired) electrons. The Balaban J connectivity index is 2.13. The Morgan fingerprint density at radius 1 is 1.17 bits per heavy atom. The summed E-state index contributed by atoms with van der Waals surface area (Å²) in [5.74, 6) is -0.598. The molecule has 0 aliphatic rings. The fourth-order valence-corrected chi connectivity index (χ4v) is 3.02. The van der Waals surface area contributed by atoms with Gasteiger partial charge in [-0.2, -0.15) is 13.2 Å². The lowest BCUT2D eigenvalue weighted by Gasteiger charge is -2.19. The van der Waals surface area contributed by atoms with Crippen LogP contribution in [0.3, 0.4) is 0 Å². The van der Waals surface area contributed by atoms with E-state index in [9.17, 15) is 18.0 Å². The number of carbonyl (C=O) groups excluding carboxylic acids is 1. The van der Waals surface area contributed by atoms with Crippen molar-refractivity contribution in [3.8, 4) is 11.1 Å². The van der Waals surface area contributed by atoms with Crippen LogP contribution in [0.5, 0.6) is 0 Å². The van der Waals surface area contributed by atoms with E-state index in [0.717, 1.165) is 6.07 Å². The van der Waals surface area contributed by atoms with Gasteiger partial charge in [0.2, 0.25) is 5.91 Å². The second-order valence-electron chi connectivity index (χ2n) is 8.07. The minimum Gasteiger partial charge on any atom is -0.366 e. The van der Waals surface area contributed by atoms with Gasteiger partial charge in [0.05, 0.1) is 0 Å². The Kier molecular flexibility index (Phi) is 5.21. The zero-order valence-corrected chi connectivity index (χ0v) is 16.3. The zero-order valence-electron chi connectivity index (χ0n) is 16.3. The third kappa shape index (κ3) is 5.01. The second-order valence-corrected chi connectivity index (χ2v) is 8.07. The van der Waals surface area contributed by atoms with E-state index < -0.39 is 17.8 Å². The summed E-state index contributed by atoms with van der Waals surface area (Å²) in [6.07, 6.45) is 1.76. The number of fused-ring (bicyclic) bond motifs is 1. The van der Waals surface area contributed by atoms with Crippen LogP contribution in [0.2, 0.25) is 0 Å². The van der Waals surface area contributed by atoms with Crippen molar-refractivity contribution in [2.45, 2.75) is 33.4 Å². The SMILES string of the molecule is CC(C)(C)Cc1cc(-c2cnc3[nH]cc(/C=C/C(N)=O)c3c2)cc(C(F)(F)F)n1. The Morgan fingerprint density at radius 2 is 1.90 bits per heavy atom. The van der Waals surface area contributed by atoms with E-state index in [4.69, 9.17) is 5.73 Å². The number of primary amides is 1. The van der Waals surface area contributed by atoms with Crippen molar-refractivity contribution in [2.24, 2.45) is 11.1 Å². The molecule has 0 bridgehead atoms. The number of nitrogens with two attached hydrogens (primary N) is 1. The third-order valence-corrected chi connectivity index (χ3v) is 4.20. The predicted octanol–water partition coefficient (Wildman–Crippen LogP) is 4.73. The van der Waals surface area contributed by atoms with Crippen LogP contribution in [0, 0.1) is 5.41 Å². The molecule has 152 valence electrons. The number of amides is 1. The van der Waals surface area contributed by atoms with Gasteiger partial charge in [0.1, 0.15) is 11.3 Å². The molecule has 0 unspecified atom stereocenters. The van der Waals surface area contributed by atoms with Crippen molar-refractivity contribution >= 4 is 23.0 Å². The number of H-pyrrole nitrogens is 1. The van der Waals surface area contributed by atoms with Crippen molar-refractivity contribution in [3.63, 3.8) is 0 Å². The predicted molar refractivity (Wildman–Crippen MR) is 106 cm³/mol. The molecule has 1 amide bonds. The maximum atomic E-state index is 13.4. The molecule has 29 heavy (non-hydrogen) atoms. The zero-order chi connectivity index (χ0) is 21.4. The molecule has 0 aliphatic heterocycles. The number of aromatic amines is 1. The number of rotatable bonds is 4. The molecule has 0 saturated carbocycles. The van der Waals surface area contributed by atoms with E-state index in [1.807, 2.05) is 20.8 Å². The van der Waals surface area contributed by atoms with Gasteiger partial charge in [-0.25, -0.2) is 9.97 Å². The maximum Gasteiger partial charge on any atom is 0.433 e. The molecule has 3 N–H and O–H groups in total. The molecule has 5 nitrogen and oxygen atoms in total. The number of alkyl halides is 3. The van der Waals surface area contributed by atoms with Crippen LogP contribution in [0.1, 0.15) is 37.7 Å². The highest BCUT2D eigenvalue weighted by Crippen LogP contribution is 2.34. The summed E-state index contributed by atoms with van der Waals surface area (Å²) in [5.41, 5.74) is 6.47. The maximum absolute atomic E-state index is 13.4. The summed E-state index contributed by atoms with van der Waals surface area (Å²) < 4.78 is 40.2. The minimum absolute atomic E-state index is 0.218. The lowest BCUT2D eigenvalue weighted by Crippen LogP contribution is -2.14. The van der Waals surface area contributed by atoms with Crippen LogP contribution < -0.4 is 5.73 Å². The van der Waals surface area contributed by atoms with Gasteiger partial charge in [-0.3, -0.25) is 4.79 Å². The number of halogens is 3. The normalized spacial score (nSPS) is 12.8. The van der Waals surface area contributed by atoms with E-state index in [1.54, 1.807) is 18.3 Å². The molecule has 3 aromatic rings. The van der Waals surface area contributed by atoms with Gasteiger partial charge < -0.3 is 10.7 Å². The van der Waals surface area contributed by atoms with Crippen molar-refractivity contribution in [1.29, 1.82) is 0 Å². The smallest absolute Gasteiger partial charge is 0.366 e. The van der Waals surface area contributed by atoms with E-state index in [1.165, 1.54) is 18.3 Å². The number of carbonyl (C=O) groups is 1. The summed E-state index contributed by atoms with van der Waals surface area (Å²) in [4.78, 5) is 22.1. The van der Waals surface area contributed by atoms with Gasteiger partial charge in [-0.05, 0) is 41.7 Å². The lowest BCUT2D eigenvalue weighted by molar-refractivity contribution is -0.141. The van der Waals surface area contributed by atoms with Gasteiger partial charge in [-0.15, -0.1) is 0 Å². The Bertz CT molecular complexity index is 1090. The average Bonchev–Trinajstić information content (AvgIpc) is 2.99. The summed E-state index contributed by atoms with van der Waals surface area (Å²) in [7, 11) is 0. The molecule has 8 heteroatoms. The first kappa shape index (κ1) is 20.6. The largest absolute Gasteiger partial charge is 0.433 e. The molecule has 0 atom stereocenters. The Hall–Kier alpha value is -3.16. The first-order valence-corrected chi connectivity index (χ1v) is 8.95. The highest BCUT2D eigenvalue weighted by Gasteiger charge is 2.33. The second kappa shape index (κ2) is 7.35. The molecule has 0 aromatic carbocycles. The van der Waals surface area contributed by atoms with Crippen LogP contribution in [0.25, 0.3) is 28.2 Å². The first-order chi connectivity index (χ1) is 13.4. The molecule has 0 saturated heterocycles. The summed E-state index contributed by atoms with van der Waals surface area (Å²) >= 11 is 0. The van der Waals surface area contributed by atoms with E-state index in [2.05, 4.69) is 15.0 Å². The van der Waals surface area contributed by atoms with E-state index in [-0.39, 0.29) is 5.41 Å². The highest BCUT2D eigenvalue weighted by molar-refractivity contribution is 5.95. The fourth-order valence-electron chi connectivity index (χ4n) is 3.02. The number of pyridine rings is 2. The van der Waals surface area contributed by atoms with Gasteiger partial charge >= 0.3 is 6.18 Å². The molecular formula is C21H21F3N4O. The highest BCUT2D eigenvalue weighted by atomic mass is 19.4. The quantitative estimate of drug-likeness (QED) is 0.619. The van der Waals surface area contributed by atoms with Crippen molar-refractivity contribution in [2.75, 3.05) is 0 Å². The number of hydrogen-bond donors (Lipinski definition) is 2. The molecule has 0 spiro atoms. The minimum atomic E-state index is -4.55. The van der Waals surface area contributed by atoms with Crippen LogP contribution in [-0.2, 0) is 17.4 Å². The van der Waals surface area contributed by atoms with Crippen molar-refractivity contribution < 1.29 is 18.0 Å². The Labute approximate surface area is 165 Å². The molecular weight excluding hydrogens is 381 g/mol. The molecule has 0 fully saturated rings. The molecule has 3 aromatic heterocycles. The first-order valence-electron chi connectivity index (χ1n) is 8.95. The average molecular weight is 402 g/mol. The third-order valence-electron chi connectivity index (χ3n) is 4.20. The standard InChI is InChI=1S/C21H21F3N4O/c1-20(2,3)9-15-6-13(8-17(28-15)21(22,23)24)14-7-16-12(4-5-18(25)29)10-26-19(16)27-11-14/h4-8,10-11H,9H2,1-3H3,(H2,25,29)(H,26,27)/b5-4+. The van der Waals surface area contributed by atoms with Gasteiger partial charge in [0.15, 0.2) is 0 Å². The summed E-state index contributed by atoms with van der Waals surface area (Å²) in [5, 5.41) is 0.669. The van der Waals surface area contributed by atoms with Gasteiger partial charge in [-0.1, -0.05) is 20.8 Å². The van der Waals surface area contributed by atoms with Crippen molar-refractivity contribution in [3.05, 3.63) is 53.6 Å². The fraction of sp³-hybridized carbons (Fsp3) is 0.286. The van der Waals surface area contributed by atoms with E-state index in [0.29, 0.717) is 39.8 Å². The molecule has 3 rings (SSSR count). The number of hydrogen-bond acceptors (Lipinski definition) is 3. The van der Waals surface area contributed by atoms with Crippen LogP contribution in [0.4, 0.5) is 13.2 Å². The topological polar surface area (TPSA) is 84.7 Å². The summed E-state index contributed by atoms with van der Waals surface area (Å²) in [6.45, 7) is 5.83. The number of nitrogens with one attached hydrogen (secondary N) is 1. The lowest BCUT2D eigenvalue weighted by atomic mass is 9.89. The van der Waals surface area contributed by atoms with Crippen LogP contribution >= 0.6 is 0 Å². The van der Waals surface area contributed by atoms with Crippen LogP contribution in [-0.4, -0.2) is 20.9 Å².